The second kappa shape index (κ2) is 13.1. The van der Waals surface area contributed by atoms with Crippen LogP contribution >= 0.6 is 0 Å². The van der Waals surface area contributed by atoms with Gasteiger partial charge in [0.2, 0.25) is 0 Å². The standard InChI is InChI=1S/C36H76O5Si5/c1-34-22-20-28(38-43(6,7)8)24-27(34)18-19-29-30-21-23-36(41-46(15,16)17,32(40-45(12,13)14)26-37-42(3,4)5)35(30,2)25-31(33(29)34)39-44(9,10)11/h27-33H,18-26H2,1-17H3/t27-,28-,29+,30+,31+,32+,33-,34+,35+,36+/m1/s1. The van der Waals surface area contributed by atoms with Crippen molar-refractivity contribution in [3.8, 4) is 0 Å². The van der Waals surface area contributed by atoms with Crippen LogP contribution in [-0.2, 0) is 22.1 Å². The Morgan fingerprint density at radius 2 is 1.26 bits per heavy atom. The van der Waals surface area contributed by atoms with Crippen LogP contribution in [0.25, 0.3) is 0 Å². The zero-order valence-electron chi connectivity index (χ0n) is 33.4. The largest absolute Gasteiger partial charge is 0.415 e. The molecular formula is C36H76O5Si5. The van der Waals surface area contributed by atoms with Crippen molar-refractivity contribution in [2.24, 2.45) is 34.5 Å². The van der Waals surface area contributed by atoms with Gasteiger partial charge in [-0.25, -0.2) is 0 Å². The van der Waals surface area contributed by atoms with Crippen molar-refractivity contribution in [1.29, 1.82) is 0 Å². The number of hydrogen-bond donors (Lipinski definition) is 0. The Hall–Kier alpha value is 0.884. The average molecular weight is 729 g/mol. The van der Waals surface area contributed by atoms with Gasteiger partial charge in [-0.05, 0) is 179 Å². The molecule has 46 heavy (non-hydrogen) atoms. The van der Waals surface area contributed by atoms with E-state index in [0.29, 0.717) is 35.9 Å². The molecule has 0 spiro atoms. The Balaban J connectivity index is 1.80. The average Bonchev–Trinajstić information content (AvgIpc) is 3.09. The van der Waals surface area contributed by atoms with Gasteiger partial charge in [0.15, 0.2) is 41.6 Å². The molecule has 4 fully saturated rings. The lowest BCUT2D eigenvalue weighted by Crippen LogP contribution is -2.68. The second-order valence-corrected chi connectivity index (χ2v) is 43.7. The van der Waals surface area contributed by atoms with E-state index in [9.17, 15) is 0 Å². The van der Waals surface area contributed by atoms with Gasteiger partial charge >= 0.3 is 0 Å². The lowest BCUT2D eigenvalue weighted by Gasteiger charge is -2.66. The Bertz CT molecular complexity index is 1060. The first-order valence-corrected chi connectivity index (χ1v) is 36.0. The third kappa shape index (κ3) is 8.84. The summed E-state index contributed by atoms with van der Waals surface area (Å²) in [6.07, 6.45) is 10.5. The minimum Gasteiger partial charge on any atom is -0.415 e. The summed E-state index contributed by atoms with van der Waals surface area (Å²) in [7, 11) is -9.03. The predicted molar refractivity (Wildman–Crippen MR) is 208 cm³/mol. The highest BCUT2D eigenvalue weighted by Gasteiger charge is 2.71. The van der Waals surface area contributed by atoms with Crippen LogP contribution in [-0.4, -0.2) is 72.1 Å². The van der Waals surface area contributed by atoms with Gasteiger partial charge in [-0.1, -0.05) is 13.8 Å². The van der Waals surface area contributed by atoms with Crippen molar-refractivity contribution in [3.05, 3.63) is 0 Å². The van der Waals surface area contributed by atoms with Crippen molar-refractivity contribution in [2.75, 3.05) is 6.61 Å². The maximum atomic E-state index is 7.70. The number of rotatable bonds is 12. The van der Waals surface area contributed by atoms with E-state index < -0.39 is 41.6 Å². The molecule has 0 aromatic carbocycles. The lowest BCUT2D eigenvalue weighted by atomic mass is 9.43. The van der Waals surface area contributed by atoms with Crippen LogP contribution in [0.2, 0.25) is 98.2 Å². The highest BCUT2D eigenvalue weighted by Crippen LogP contribution is 2.70. The van der Waals surface area contributed by atoms with Crippen molar-refractivity contribution in [1.82, 2.24) is 0 Å². The summed E-state index contributed by atoms with van der Waals surface area (Å²) in [5.74, 6) is 2.65. The molecule has 4 rings (SSSR count). The van der Waals surface area contributed by atoms with Gasteiger partial charge < -0.3 is 22.1 Å². The minimum absolute atomic E-state index is 0.0206. The molecular weight excluding hydrogens is 653 g/mol. The van der Waals surface area contributed by atoms with Gasteiger partial charge in [0.05, 0.1) is 18.3 Å². The summed E-state index contributed by atoms with van der Waals surface area (Å²) in [4.78, 5) is 0. The van der Waals surface area contributed by atoms with E-state index in [-0.39, 0.29) is 23.2 Å². The molecule has 5 nitrogen and oxygen atoms in total. The smallest absolute Gasteiger partial charge is 0.184 e. The first-order valence-electron chi connectivity index (χ1n) is 19.0. The van der Waals surface area contributed by atoms with E-state index in [1.165, 1.54) is 38.5 Å². The fourth-order valence-electron chi connectivity index (χ4n) is 10.8. The molecule has 4 aliphatic carbocycles. The minimum atomic E-state index is -1.97. The SMILES string of the molecule is C[C@]12CC[C@@H](O[Si](C)(C)C)C[C@H]1CC[C@@H]1[C@@H]2[C@@H](O[Si](C)(C)C)C[C@@]2(C)[C@H]1CC[C@]2(O[Si](C)(C)C)[C@H](CO[Si](C)(C)C)O[Si](C)(C)C. The normalized spacial score (nSPS) is 39.8. The summed E-state index contributed by atoms with van der Waals surface area (Å²) in [6, 6.07) is 0. The Morgan fingerprint density at radius 3 is 1.78 bits per heavy atom. The molecule has 0 aliphatic heterocycles. The van der Waals surface area contributed by atoms with Crippen molar-refractivity contribution >= 4 is 41.6 Å². The summed E-state index contributed by atoms with van der Waals surface area (Å²) in [5.41, 5.74) is -0.0597. The van der Waals surface area contributed by atoms with Gasteiger partial charge in [0.1, 0.15) is 0 Å². The molecule has 270 valence electrons. The van der Waals surface area contributed by atoms with Crippen LogP contribution < -0.4 is 0 Å². The first kappa shape index (κ1) is 39.7. The highest BCUT2D eigenvalue weighted by atomic mass is 28.4. The predicted octanol–water partition coefficient (Wildman–Crippen LogP) is 10.7. The molecule has 4 saturated carbocycles. The summed E-state index contributed by atoms with van der Waals surface area (Å²) >= 11 is 0. The van der Waals surface area contributed by atoms with Crippen molar-refractivity contribution < 1.29 is 22.1 Å². The molecule has 0 radical (unpaired) electrons. The van der Waals surface area contributed by atoms with E-state index in [0.717, 1.165) is 18.8 Å². The molecule has 10 heteroatoms. The summed E-state index contributed by atoms with van der Waals surface area (Å²) in [6.45, 7) is 41.5. The van der Waals surface area contributed by atoms with Crippen LogP contribution in [0.15, 0.2) is 0 Å². The van der Waals surface area contributed by atoms with E-state index in [1.54, 1.807) is 0 Å². The topological polar surface area (TPSA) is 46.2 Å². The maximum absolute atomic E-state index is 7.70. The van der Waals surface area contributed by atoms with Gasteiger partial charge in [0, 0.05) is 17.6 Å². The van der Waals surface area contributed by atoms with Crippen LogP contribution in [0.5, 0.6) is 0 Å². The molecule has 0 unspecified atom stereocenters. The van der Waals surface area contributed by atoms with Gasteiger partial charge in [-0.2, -0.15) is 0 Å². The van der Waals surface area contributed by atoms with Crippen LogP contribution in [0.1, 0.15) is 65.2 Å². The molecule has 0 heterocycles. The first-order chi connectivity index (χ1) is 20.6. The summed E-state index contributed by atoms with van der Waals surface area (Å²) in [5, 5.41) is 0. The molecule has 4 aliphatic rings. The highest BCUT2D eigenvalue weighted by molar-refractivity contribution is 6.71. The molecule has 0 aromatic heterocycles. The fraction of sp³-hybridized carbons (Fsp3) is 1.00. The van der Waals surface area contributed by atoms with Gasteiger partial charge in [-0.15, -0.1) is 0 Å². The third-order valence-corrected chi connectivity index (χ3v) is 17.0. The monoisotopic (exact) mass is 728 g/mol. The maximum Gasteiger partial charge on any atom is 0.184 e. The van der Waals surface area contributed by atoms with Crippen molar-refractivity contribution in [3.63, 3.8) is 0 Å². The Kier molecular flexibility index (Phi) is 11.3. The van der Waals surface area contributed by atoms with Gasteiger partial charge in [0.25, 0.3) is 0 Å². The van der Waals surface area contributed by atoms with E-state index in [1.807, 2.05) is 0 Å². The molecule has 0 amide bonds. The zero-order chi connectivity index (χ0) is 34.9. The van der Waals surface area contributed by atoms with Crippen LogP contribution in [0, 0.1) is 34.5 Å². The van der Waals surface area contributed by atoms with E-state index in [4.69, 9.17) is 22.1 Å². The zero-order valence-corrected chi connectivity index (χ0v) is 38.4. The van der Waals surface area contributed by atoms with Crippen LogP contribution in [0.4, 0.5) is 0 Å². The Labute approximate surface area is 291 Å². The molecule has 0 aromatic rings. The fourth-order valence-corrected chi connectivity index (χ4v) is 16.5. The Morgan fingerprint density at radius 1 is 0.652 bits per heavy atom. The molecule has 10 atom stereocenters. The van der Waals surface area contributed by atoms with Gasteiger partial charge in [-0.3, -0.25) is 0 Å². The van der Waals surface area contributed by atoms with E-state index in [2.05, 4.69) is 112 Å². The molecule has 0 saturated heterocycles. The van der Waals surface area contributed by atoms with E-state index >= 15 is 0 Å². The van der Waals surface area contributed by atoms with Crippen LogP contribution in [0.3, 0.4) is 0 Å². The van der Waals surface area contributed by atoms with Crippen molar-refractivity contribution in [2.45, 2.75) is 187 Å². The number of fused-ring (bicyclic) bond motifs is 5. The third-order valence-electron chi connectivity index (χ3n) is 11.9. The molecule has 0 bridgehead atoms. The number of hydrogen-bond acceptors (Lipinski definition) is 5. The second-order valence-electron chi connectivity index (χ2n) is 21.4. The molecule has 0 N–H and O–H groups in total. The quantitative estimate of drug-likeness (QED) is 0.187. The lowest BCUT2D eigenvalue weighted by molar-refractivity contribution is -0.212. The summed E-state index contributed by atoms with van der Waals surface area (Å²) < 4.78 is 36.0.